The van der Waals surface area contributed by atoms with E-state index in [4.69, 9.17) is 14.2 Å². The summed E-state index contributed by atoms with van der Waals surface area (Å²) in [5.74, 6) is 4.58. The van der Waals surface area contributed by atoms with Gasteiger partial charge in [0, 0.05) is 95.4 Å². The second kappa shape index (κ2) is 33.7. The lowest BCUT2D eigenvalue weighted by Crippen LogP contribution is -2.35. The van der Waals surface area contributed by atoms with Crippen LogP contribution < -0.4 is 14.2 Å². The second-order valence-corrected chi connectivity index (χ2v) is 30.7. The van der Waals surface area contributed by atoms with E-state index in [2.05, 4.69) is 176 Å². The largest absolute Gasteiger partial charge is 0.494 e. The number of benzene rings is 6. The van der Waals surface area contributed by atoms with Crippen molar-refractivity contribution in [1.29, 1.82) is 0 Å². The average molecular weight is 1310 g/mol. The number of piperidine rings is 3. The maximum absolute atomic E-state index is 6.49. The number of hydrogen-bond donors (Lipinski definition) is 0. The minimum absolute atomic E-state index is 0.401. The third kappa shape index (κ3) is 16.9. The summed E-state index contributed by atoms with van der Waals surface area (Å²) in [6.45, 7) is 20.7. The minimum atomic E-state index is 0.401. The molecule has 15 rings (SSSR count). The fourth-order valence-corrected chi connectivity index (χ4v) is 18.6. The summed E-state index contributed by atoms with van der Waals surface area (Å²) >= 11 is 5.45. The number of ether oxygens (including phenoxy) is 3. The lowest BCUT2D eigenvalue weighted by atomic mass is 9.81. The maximum Gasteiger partial charge on any atom is 0.123 e. The van der Waals surface area contributed by atoms with Crippen LogP contribution in [0.1, 0.15) is 202 Å². The Morgan fingerprint density at radius 1 is 0.344 bits per heavy atom. The number of likely N-dealkylation sites (tertiary alicyclic amines) is 3. The van der Waals surface area contributed by atoms with Crippen molar-refractivity contribution in [2.24, 2.45) is 0 Å². The Hall–Kier alpha value is -4.47. The highest BCUT2D eigenvalue weighted by Crippen LogP contribution is 2.50. The fraction of sp³-hybridized carbons (Fsp3) is 0.556. The summed E-state index contributed by atoms with van der Waals surface area (Å²) in [6, 6.07) is 50.1. The Balaban J connectivity index is 0.000000127. The molecule has 9 aliphatic rings. The molecule has 0 saturated carbocycles. The van der Waals surface area contributed by atoms with Crippen molar-refractivity contribution in [3.8, 4) is 17.2 Å². The second-order valence-electron chi connectivity index (χ2n) is 28.1. The van der Waals surface area contributed by atoms with Gasteiger partial charge in [-0.25, -0.2) is 0 Å². The summed E-state index contributed by atoms with van der Waals surface area (Å²) in [4.78, 5) is 19.9. The van der Waals surface area contributed by atoms with Crippen LogP contribution in [0.3, 0.4) is 0 Å². The summed E-state index contributed by atoms with van der Waals surface area (Å²) in [5, 5.41) is 0. The van der Waals surface area contributed by atoms with Gasteiger partial charge in [-0.15, -0.1) is 35.3 Å². The van der Waals surface area contributed by atoms with E-state index < -0.39 is 0 Å². The lowest BCUT2D eigenvalue weighted by Gasteiger charge is -2.38. The molecule has 498 valence electrons. The molecular weight excluding hydrogens is 1200 g/mol. The highest BCUT2D eigenvalue weighted by atomic mass is 32.2. The molecule has 9 aliphatic heterocycles. The predicted molar refractivity (Wildman–Crippen MR) is 391 cm³/mol. The van der Waals surface area contributed by atoms with Gasteiger partial charge in [0.1, 0.15) is 17.2 Å². The monoisotopic (exact) mass is 1310 g/mol. The third-order valence-corrected chi connectivity index (χ3v) is 24.5. The van der Waals surface area contributed by atoms with Crippen LogP contribution in [0.2, 0.25) is 0 Å². The Kier molecular flexibility index (Phi) is 24.3. The van der Waals surface area contributed by atoms with E-state index >= 15 is 0 Å². The van der Waals surface area contributed by atoms with Crippen LogP contribution in [-0.4, -0.2) is 166 Å². The summed E-state index contributed by atoms with van der Waals surface area (Å²) < 4.78 is 19.0. The van der Waals surface area contributed by atoms with Crippen molar-refractivity contribution in [2.45, 2.75) is 166 Å². The van der Waals surface area contributed by atoms with Crippen molar-refractivity contribution in [1.82, 2.24) is 29.4 Å². The van der Waals surface area contributed by atoms with Crippen LogP contribution in [-0.2, 0) is 0 Å². The van der Waals surface area contributed by atoms with Crippen LogP contribution in [0.4, 0.5) is 0 Å². The maximum atomic E-state index is 6.49. The molecule has 0 N–H and O–H groups in total. The van der Waals surface area contributed by atoms with E-state index in [1.165, 1.54) is 240 Å². The van der Waals surface area contributed by atoms with E-state index in [9.17, 15) is 0 Å². The van der Waals surface area contributed by atoms with Crippen molar-refractivity contribution < 1.29 is 14.2 Å². The van der Waals surface area contributed by atoms with Gasteiger partial charge in [-0.1, -0.05) is 79.9 Å². The van der Waals surface area contributed by atoms with Crippen molar-refractivity contribution in [3.63, 3.8) is 0 Å². The Labute approximate surface area is 572 Å². The van der Waals surface area contributed by atoms with E-state index in [0.29, 0.717) is 35.9 Å². The molecule has 9 nitrogen and oxygen atoms in total. The van der Waals surface area contributed by atoms with Crippen LogP contribution in [0.15, 0.2) is 142 Å². The zero-order valence-corrected chi connectivity index (χ0v) is 59.1. The van der Waals surface area contributed by atoms with Crippen LogP contribution in [0.25, 0.3) is 0 Å². The smallest absolute Gasteiger partial charge is 0.123 e. The first-order valence-electron chi connectivity index (χ1n) is 36.6. The molecule has 9 heterocycles. The topological polar surface area (TPSA) is 47.1 Å². The number of fused-ring (bicyclic) bond motifs is 9. The molecule has 0 aliphatic carbocycles. The average Bonchev–Trinajstić information content (AvgIpc) is 1.82. The molecule has 6 atom stereocenters. The van der Waals surface area contributed by atoms with E-state index in [1.807, 2.05) is 35.3 Å². The number of thioether (sulfide) groups is 3. The Morgan fingerprint density at radius 2 is 0.710 bits per heavy atom. The molecule has 12 heteroatoms. The highest BCUT2D eigenvalue weighted by Gasteiger charge is 2.40. The van der Waals surface area contributed by atoms with Crippen molar-refractivity contribution in [2.75, 3.05) is 137 Å². The molecule has 0 radical (unpaired) electrons. The highest BCUT2D eigenvalue weighted by molar-refractivity contribution is 7.99. The molecule has 0 spiro atoms. The first kappa shape index (κ1) is 67.1. The Bertz CT molecular complexity index is 3110. The summed E-state index contributed by atoms with van der Waals surface area (Å²) in [6.07, 6.45) is 30.0. The standard InChI is InChI=1S/3C27H36N2OS/c1-31-22-13-11-21(12-14-22)24-20-29-18-6-9-25(29)23-8-5-10-26(27(23)24)30-19-7-17-28-15-3-2-4-16-28;2*1-31-23-11-8-21(9-12-23)26-20-29-17-5-7-27(29)25-19-22(10-13-24(25)26)30-18-6-16-28-14-3-2-4-15-28/h5,8,10-14,24-25H,2-4,6-7,9,15-20H2,1H3;2*8-13,19,26-27H,2-7,14-18,20H2,1H3/t;26-,27+;26-,27-/m.10/s1. The molecular formula is C81H108N6O3S3. The van der Waals surface area contributed by atoms with Crippen LogP contribution in [0, 0.1) is 0 Å². The normalized spacial score (nSPS) is 24.0. The Morgan fingerprint density at radius 3 is 1.11 bits per heavy atom. The zero-order chi connectivity index (χ0) is 63.1. The minimum Gasteiger partial charge on any atom is -0.494 e. The number of rotatable bonds is 21. The van der Waals surface area contributed by atoms with Crippen molar-refractivity contribution >= 4 is 35.3 Å². The van der Waals surface area contributed by atoms with Crippen LogP contribution in [0.5, 0.6) is 17.2 Å². The quantitative estimate of drug-likeness (QED) is 0.0510. The van der Waals surface area contributed by atoms with Gasteiger partial charge in [0.05, 0.1) is 19.8 Å². The van der Waals surface area contributed by atoms with Gasteiger partial charge in [0.2, 0.25) is 0 Å². The van der Waals surface area contributed by atoms with Gasteiger partial charge in [0.15, 0.2) is 0 Å². The van der Waals surface area contributed by atoms with E-state index in [0.717, 1.165) is 76.0 Å². The molecule has 93 heavy (non-hydrogen) atoms. The van der Waals surface area contributed by atoms with Crippen LogP contribution >= 0.6 is 35.3 Å². The molecule has 0 aromatic heterocycles. The van der Waals surface area contributed by atoms with Gasteiger partial charge in [0.25, 0.3) is 0 Å². The van der Waals surface area contributed by atoms with Gasteiger partial charge in [-0.3, -0.25) is 14.7 Å². The molecule has 2 unspecified atom stereocenters. The molecule has 6 fully saturated rings. The lowest BCUT2D eigenvalue weighted by molar-refractivity contribution is 0.200. The molecule has 6 aromatic carbocycles. The zero-order valence-electron chi connectivity index (χ0n) is 56.7. The molecule has 6 saturated heterocycles. The van der Waals surface area contributed by atoms with E-state index in [1.54, 1.807) is 0 Å². The predicted octanol–water partition coefficient (Wildman–Crippen LogP) is 17.8. The SMILES string of the molecule is CSc1ccc(C2CN3CCCC3c3cccc(OCCCN4CCCCC4)c32)cc1.CSc1ccc([C@@H]2CN3CCC[C@H]3c3cc(OCCCN4CCCCC4)ccc32)cc1.CSc1ccc([C@H]2CN3CCC[C@H]3c3cc(OCCCN4CCCCC4)ccc32)cc1. The number of nitrogens with zero attached hydrogens (tertiary/aromatic N) is 6. The molecule has 0 bridgehead atoms. The van der Waals surface area contributed by atoms with Gasteiger partial charge < -0.3 is 28.9 Å². The third-order valence-electron chi connectivity index (χ3n) is 22.3. The summed E-state index contributed by atoms with van der Waals surface area (Å²) in [7, 11) is 0. The fourth-order valence-electron chi connectivity index (χ4n) is 17.4. The van der Waals surface area contributed by atoms with Gasteiger partial charge in [-0.2, -0.15) is 0 Å². The van der Waals surface area contributed by atoms with E-state index in [-0.39, 0.29) is 0 Å². The first-order valence-corrected chi connectivity index (χ1v) is 40.2. The van der Waals surface area contributed by atoms with Gasteiger partial charge in [-0.05, 0) is 285 Å². The number of hydrogen-bond acceptors (Lipinski definition) is 12. The van der Waals surface area contributed by atoms with Gasteiger partial charge >= 0.3 is 0 Å². The first-order chi connectivity index (χ1) is 46.0. The molecule has 0 amide bonds. The molecule has 6 aromatic rings. The van der Waals surface area contributed by atoms with Crippen molar-refractivity contribution in [3.05, 3.63) is 177 Å². The summed E-state index contributed by atoms with van der Waals surface area (Å²) in [5.41, 5.74) is 13.3.